The molecule has 0 bridgehead atoms. The average Bonchev–Trinajstić information content (AvgIpc) is 3.35. The lowest BCUT2D eigenvalue weighted by atomic mass is 9.39. The zero-order valence-electron chi connectivity index (χ0n) is 44.7. The molecule has 15 rings (SSSR count). The fourth-order valence-corrected chi connectivity index (χ4v) is 17.0. The maximum absolute atomic E-state index is 2.69. The molecule has 4 aromatic heterocycles. The van der Waals surface area contributed by atoms with Gasteiger partial charge >= 0.3 is 0 Å². The van der Waals surface area contributed by atoms with Gasteiger partial charge in [0.2, 0.25) is 0 Å². The van der Waals surface area contributed by atoms with Crippen LogP contribution in [0.4, 0.5) is 34.1 Å². The lowest BCUT2D eigenvalue weighted by Crippen LogP contribution is -2.59. The van der Waals surface area contributed by atoms with E-state index in [-0.39, 0.29) is 17.5 Å². The first-order valence-electron chi connectivity index (χ1n) is 27.1. The zero-order chi connectivity index (χ0) is 52.8. The van der Waals surface area contributed by atoms with Gasteiger partial charge in [0.05, 0.1) is 22.7 Å². The molecule has 13 aromatic rings. The summed E-state index contributed by atoms with van der Waals surface area (Å²) >= 11 is 7.64. The first kappa shape index (κ1) is 47.7. The van der Waals surface area contributed by atoms with Crippen molar-refractivity contribution in [1.82, 2.24) is 0 Å². The summed E-state index contributed by atoms with van der Waals surface area (Å²) < 4.78 is 8.03. The Balaban J connectivity index is 1.06. The topological polar surface area (TPSA) is 6.48 Å². The number of benzene rings is 9. The van der Waals surface area contributed by atoms with Crippen LogP contribution >= 0.6 is 45.3 Å². The van der Waals surface area contributed by atoms with Gasteiger partial charge in [0.1, 0.15) is 0 Å². The summed E-state index contributed by atoms with van der Waals surface area (Å²) in [7, 11) is 0. The van der Waals surface area contributed by atoms with Crippen LogP contribution in [-0.4, -0.2) is 6.71 Å². The molecule has 0 aliphatic carbocycles. The van der Waals surface area contributed by atoms with Crippen molar-refractivity contribution in [1.29, 1.82) is 0 Å². The summed E-state index contributed by atoms with van der Waals surface area (Å²) in [5.41, 5.74) is 22.4. The highest BCUT2D eigenvalue weighted by Crippen LogP contribution is 2.55. The zero-order valence-corrected chi connectivity index (χ0v) is 48.0. The van der Waals surface area contributed by atoms with Crippen LogP contribution < -0.4 is 24.8 Å². The van der Waals surface area contributed by atoms with Gasteiger partial charge in [-0.1, -0.05) is 163 Å². The Bertz CT molecular complexity index is 4270. The third kappa shape index (κ3) is 7.46. The summed E-state index contributed by atoms with van der Waals surface area (Å²) in [6.07, 6.45) is 0. The number of hydrogen-bond acceptors (Lipinski definition) is 6. The summed E-state index contributed by atoms with van der Waals surface area (Å²) in [4.78, 5) is 5.38. The lowest BCUT2D eigenvalue weighted by Gasteiger charge is -2.43. The highest BCUT2D eigenvalue weighted by Gasteiger charge is 2.48. The predicted molar refractivity (Wildman–Crippen MR) is 346 cm³/mol. The van der Waals surface area contributed by atoms with E-state index in [2.05, 4.69) is 263 Å². The van der Waals surface area contributed by atoms with Crippen molar-refractivity contribution in [3.63, 3.8) is 0 Å². The van der Waals surface area contributed by atoms with Crippen molar-refractivity contribution in [3.05, 3.63) is 222 Å². The maximum atomic E-state index is 2.69. The molecule has 0 N–H and O–H groups in total. The second-order valence-corrected chi connectivity index (χ2v) is 27.3. The Morgan fingerprint density at radius 1 is 0.359 bits per heavy atom. The molecule has 2 aliphatic rings. The van der Waals surface area contributed by atoms with Crippen LogP contribution in [0, 0.1) is 6.92 Å². The quantitative estimate of drug-likeness (QED) is 0.153. The highest BCUT2D eigenvalue weighted by atomic mass is 32.1. The fraction of sp³-hybridized carbons (Fsp3) is 0.127. The normalized spacial score (nSPS) is 13.2. The first-order valence-corrected chi connectivity index (χ1v) is 30.5. The lowest BCUT2D eigenvalue weighted by molar-refractivity contribution is 0.591. The van der Waals surface area contributed by atoms with E-state index in [4.69, 9.17) is 0 Å². The Hall–Kier alpha value is -7.52. The van der Waals surface area contributed by atoms with Gasteiger partial charge in [0.25, 0.3) is 6.71 Å². The maximum Gasteiger partial charge on any atom is 0.277 e. The number of aryl methyl sites for hydroxylation is 1. The van der Waals surface area contributed by atoms with Gasteiger partial charge in [-0.05, 0) is 146 Å². The third-order valence-corrected chi connectivity index (χ3v) is 20.7. The SMILES string of the molecule is Cc1cc2c3c(c1)N(c1ccc(-c4csc5ccccc45)cc1-c1ccccc1)c1c(sc4ccc(C(C)(C)C)cc14)B3c1sc3ccc(C(C)(C)C)cc3c1N2c1ccc(-c2csc3ccccc23)cc1-c1ccccc1. The van der Waals surface area contributed by atoms with Gasteiger partial charge in [0, 0.05) is 83.5 Å². The number of anilines is 6. The third-order valence-electron chi connectivity index (χ3n) is 16.4. The van der Waals surface area contributed by atoms with E-state index in [1.807, 2.05) is 45.3 Å². The highest BCUT2D eigenvalue weighted by molar-refractivity contribution is 7.40. The van der Waals surface area contributed by atoms with Gasteiger partial charge in [-0.15, -0.1) is 45.3 Å². The summed E-state index contributed by atoms with van der Waals surface area (Å²) in [5, 5.41) is 9.90. The molecule has 0 unspecified atom stereocenters. The monoisotopic (exact) mass is 1070 g/mol. The molecule has 2 aliphatic heterocycles. The Morgan fingerprint density at radius 2 is 0.782 bits per heavy atom. The van der Waals surface area contributed by atoms with Crippen molar-refractivity contribution in [3.8, 4) is 44.5 Å². The van der Waals surface area contributed by atoms with Gasteiger partial charge in [-0.25, -0.2) is 0 Å². The van der Waals surface area contributed by atoms with E-state index in [9.17, 15) is 0 Å². The molecule has 0 radical (unpaired) electrons. The van der Waals surface area contributed by atoms with Crippen LogP contribution in [0.1, 0.15) is 58.2 Å². The molecule has 0 saturated heterocycles. The fourth-order valence-electron chi connectivity index (χ4n) is 12.4. The smallest absolute Gasteiger partial charge is 0.277 e. The van der Waals surface area contributed by atoms with E-state index >= 15 is 0 Å². The van der Waals surface area contributed by atoms with E-state index in [0.717, 1.165) is 0 Å². The second kappa shape index (κ2) is 17.8. The van der Waals surface area contributed by atoms with Crippen molar-refractivity contribution in [2.45, 2.75) is 59.3 Å². The molecule has 376 valence electrons. The number of nitrogens with zero attached hydrogens (tertiary/aromatic N) is 2. The summed E-state index contributed by atoms with van der Waals surface area (Å²) in [5.74, 6) is 0. The molecule has 0 saturated carbocycles. The molecule has 0 atom stereocenters. The van der Waals surface area contributed by atoms with Crippen molar-refractivity contribution in [2.75, 3.05) is 9.80 Å². The molecule has 78 heavy (non-hydrogen) atoms. The predicted octanol–water partition coefficient (Wildman–Crippen LogP) is 20.2. The van der Waals surface area contributed by atoms with Gasteiger partial charge < -0.3 is 9.80 Å². The van der Waals surface area contributed by atoms with Gasteiger partial charge in [-0.2, -0.15) is 0 Å². The van der Waals surface area contributed by atoms with Gasteiger partial charge in [0.15, 0.2) is 0 Å². The molecule has 7 heteroatoms. The minimum atomic E-state index is -0.0401. The molecule has 0 spiro atoms. The summed E-state index contributed by atoms with van der Waals surface area (Å²) in [6, 6.07) is 74.1. The molecular formula is C71H55BN2S4. The molecule has 0 amide bonds. The standard InChI is InChI=1S/C71H55BN2S4/c1-42-34-59-65-60(35-42)74(58-31-27-46(37-52(58)44-20-12-9-13-21-44)56-41-76-62-25-17-15-23-50(56)62)67-54-39-48(71(5,6)7)29-33-64(54)78-69(67)72(65)68-66(53-38-47(70(2,3)4)28-32-63(53)77-68)73(59)57-30-26-45(36-51(57)43-18-10-8-11-19-43)55-40-75-61-24-16-14-22-49(55)61/h8-41H,1-7H3. The first-order chi connectivity index (χ1) is 37.9. The molecule has 0 fully saturated rings. The number of fused-ring (bicyclic) bond motifs is 10. The van der Waals surface area contributed by atoms with Crippen LogP contribution in [0.3, 0.4) is 0 Å². The summed E-state index contributed by atoms with van der Waals surface area (Å²) in [6.45, 7) is 16.4. The molecular weight excluding hydrogens is 1020 g/mol. The van der Waals surface area contributed by atoms with E-state index in [1.165, 1.54) is 151 Å². The molecule has 6 heterocycles. The van der Waals surface area contributed by atoms with Gasteiger partial charge in [-0.3, -0.25) is 0 Å². The number of rotatable bonds is 6. The Kier molecular flexibility index (Phi) is 10.9. The molecule has 2 nitrogen and oxygen atoms in total. The van der Waals surface area contributed by atoms with Crippen LogP contribution in [0.15, 0.2) is 205 Å². The van der Waals surface area contributed by atoms with E-state index in [1.54, 1.807) is 0 Å². The van der Waals surface area contributed by atoms with E-state index in [0.29, 0.717) is 0 Å². The largest absolute Gasteiger partial charge is 0.309 e. The number of thiophene rings is 4. The van der Waals surface area contributed by atoms with Crippen LogP contribution in [0.2, 0.25) is 0 Å². The Morgan fingerprint density at radius 3 is 1.22 bits per heavy atom. The van der Waals surface area contributed by atoms with Crippen molar-refractivity contribution >= 4 is 142 Å². The van der Waals surface area contributed by atoms with Crippen LogP contribution in [0.25, 0.3) is 84.9 Å². The van der Waals surface area contributed by atoms with Crippen LogP contribution in [0.5, 0.6) is 0 Å². The average molecular weight is 1080 g/mol. The van der Waals surface area contributed by atoms with E-state index < -0.39 is 0 Å². The minimum Gasteiger partial charge on any atom is -0.309 e. The number of hydrogen-bond donors (Lipinski definition) is 0. The van der Waals surface area contributed by atoms with Crippen molar-refractivity contribution < 1.29 is 0 Å². The Labute approximate surface area is 473 Å². The second-order valence-electron chi connectivity index (χ2n) is 23.4. The minimum absolute atomic E-state index is 0.00712. The van der Waals surface area contributed by atoms with Crippen LogP contribution in [-0.2, 0) is 10.8 Å². The van der Waals surface area contributed by atoms with Crippen molar-refractivity contribution in [2.24, 2.45) is 0 Å². The molecule has 9 aromatic carbocycles.